The lowest BCUT2D eigenvalue weighted by Crippen LogP contribution is -2.29. The summed E-state index contributed by atoms with van der Waals surface area (Å²) in [6.45, 7) is 3.18. The van der Waals surface area contributed by atoms with Gasteiger partial charge in [0.2, 0.25) is 0 Å². The van der Waals surface area contributed by atoms with Gasteiger partial charge in [-0.3, -0.25) is 4.79 Å². The maximum Gasteiger partial charge on any atom is 0.265 e. The molecule has 1 heterocycles. The molecule has 0 aliphatic heterocycles. The van der Waals surface area contributed by atoms with E-state index in [1.807, 2.05) is 60.4 Å². The van der Waals surface area contributed by atoms with Gasteiger partial charge in [0.1, 0.15) is 10.6 Å². The quantitative estimate of drug-likeness (QED) is 0.624. The van der Waals surface area contributed by atoms with Crippen molar-refractivity contribution in [3.05, 3.63) is 64.0 Å². The van der Waals surface area contributed by atoms with Crippen molar-refractivity contribution >= 4 is 38.9 Å². The van der Waals surface area contributed by atoms with Crippen LogP contribution in [0.3, 0.4) is 0 Å². The van der Waals surface area contributed by atoms with E-state index in [1.165, 1.54) is 11.3 Å². The molecule has 124 valence electrons. The number of hydrogen-bond acceptors (Lipinski definition) is 3. The molecule has 0 spiro atoms. The molecule has 0 aliphatic carbocycles. The number of amides is 1. The number of carbonyl (C=O) groups excluding carboxylic acids is 1. The first-order valence-corrected chi connectivity index (χ1v) is 8.92. The highest BCUT2D eigenvalue weighted by Gasteiger charge is 2.22. The van der Waals surface area contributed by atoms with Crippen molar-refractivity contribution in [2.75, 3.05) is 13.7 Å². The third kappa shape index (κ3) is 3.25. The van der Waals surface area contributed by atoms with E-state index in [4.69, 9.17) is 16.3 Å². The van der Waals surface area contributed by atoms with Gasteiger partial charge in [-0.05, 0) is 30.7 Å². The zero-order valence-corrected chi connectivity index (χ0v) is 15.2. The summed E-state index contributed by atoms with van der Waals surface area (Å²) < 4.78 is 6.23. The van der Waals surface area contributed by atoms with Crippen LogP contribution in [0, 0.1) is 0 Å². The molecule has 3 nitrogen and oxygen atoms in total. The lowest BCUT2D eigenvalue weighted by Gasteiger charge is -2.20. The minimum absolute atomic E-state index is 0.0356. The van der Waals surface area contributed by atoms with Crippen LogP contribution in [0.4, 0.5) is 0 Å². The fourth-order valence-corrected chi connectivity index (χ4v) is 4.04. The van der Waals surface area contributed by atoms with Crippen LogP contribution < -0.4 is 4.74 Å². The minimum Gasteiger partial charge on any atom is -0.497 e. The van der Waals surface area contributed by atoms with Crippen molar-refractivity contribution in [3.63, 3.8) is 0 Å². The highest BCUT2D eigenvalue weighted by atomic mass is 35.5. The van der Waals surface area contributed by atoms with Crippen LogP contribution in [0.25, 0.3) is 10.1 Å². The van der Waals surface area contributed by atoms with Crippen LogP contribution >= 0.6 is 22.9 Å². The predicted molar refractivity (Wildman–Crippen MR) is 100 cm³/mol. The summed E-state index contributed by atoms with van der Waals surface area (Å²) in [5.41, 5.74) is 1.10. The fraction of sp³-hybridized carbons (Fsp3) is 0.211. The molecule has 2 aromatic carbocycles. The molecule has 0 atom stereocenters. The molecule has 0 N–H and O–H groups in total. The molecule has 0 saturated carbocycles. The summed E-state index contributed by atoms with van der Waals surface area (Å²) in [6, 6.07) is 15.7. The average molecular weight is 360 g/mol. The van der Waals surface area contributed by atoms with Crippen LogP contribution in [0.1, 0.15) is 22.2 Å². The Morgan fingerprint density at radius 1 is 1.21 bits per heavy atom. The first kappa shape index (κ1) is 16.8. The van der Waals surface area contributed by atoms with Gasteiger partial charge in [-0.2, -0.15) is 0 Å². The van der Waals surface area contributed by atoms with Gasteiger partial charge in [-0.25, -0.2) is 0 Å². The summed E-state index contributed by atoms with van der Waals surface area (Å²) in [5, 5.41) is 1.37. The highest BCUT2D eigenvalue weighted by molar-refractivity contribution is 7.21. The Morgan fingerprint density at radius 3 is 2.62 bits per heavy atom. The van der Waals surface area contributed by atoms with Crippen molar-refractivity contribution in [2.24, 2.45) is 0 Å². The number of rotatable bonds is 5. The van der Waals surface area contributed by atoms with Crippen LogP contribution in [0.15, 0.2) is 48.5 Å². The molecule has 0 unspecified atom stereocenters. The van der Waals surface area contributed by atoms with Crippen molar-refractivity contribution in [1.29, 1.82) is 0 Å². The third-order valence-corrected chi connectivity index (χ3v) is 5.58. The Labute approximate surface area is 150 Å². The Morgan fingerprint density at radius 2 is 1.96 bits per heavy atom. The normalized spacial score (nSPS) is 10.8. The van der Waals surface area contributed by atoms with Crippen LogP contribution in [0.2, 0.25) is 5.02 Å². The number of hydrogen-bond donors (Lipinski definition) is 0. The maximum absolute atomic E-state index is 12.9. The molecule has 3 aromatic rings. The molecule has 1 amide bonds. The number of thiophene rings is 1. The van der Waals surface area contributed by atoms with E-state index < -0.39 is 0 Å². The first-order chi connectivity index (χ1) is 11.6. The first-order valence-electron chi connectivity index (χ1n) is 7.73. The number of carbonyl (C=O) groups is 1. The van der Waals surface area contributed by atoms with Gasteiger partial charge in [-0.1, -0.05) is 41.9 Å². The summed E-state index contributed by atoms with van der Waals surface area (Å²) in [7, 11) is 1.62. The highest BCUT2D eigenvalue weighted by Crippen LogP contribution is 2.38. The van der Waals surface area contributed by atoms with E-state index in [9.17, 15) is 4.79 Å². The number of ether oxygens (including phenoxy) is 1. The van der Waals surface area contributed by atoms with E-state index >= 15 is 0 Å². The monoisotopic (exact) mass is 359 g/mol. The van der Waals surface area contributed by atoms with Crippen LogP contribution in [0.5, 0.6) is 5.75 Å². The second-order valence-corrected chi connectivity index (χ2v) is 6.84. The Bertz CT molecular complexity index is 860. The average Bonchev–Trinajstić information content (AvgIpc) is 2.96. The van der Waals surface area contributed by atoms with Gasteiger partial charge in [0.05, 0.1) is 12.1 Å². The molecular formula is C19H18ClNO2S. The summed E-state index contributed by atoms with van der Waals surface area (Å²) >= 11 is 7.92. The van der Waals surface area contributed by atoms with E-state index in [1.54, 1.807) is 7.11 Å². The molecule has 0 bridgehead atoms. The largest absolute Gasteiger partial charge is 0.497 e. The van der Waals surface area contributed by atoms with Crippen LogP contribution in [-0.4, -0.2) is 24.5 Å². The van der Waals surface area contributed by atoms with Gasteiger partial charge >= 0.3 is 0 Å². The smallest absolute Gasteiger partial charge is 0.265 e. The molecule has 0 radical (unpaired) electrons. The molecule has 0 aliphatic rings. The Kier molecular flexibility index (Phi) is 5.07. The van der Waals surface area contributed by atoms with E-state index in [-0.39, 0.29) is 5.91 Å². The lowest BCUT2D eigenvalue weighted by molar-refractivity contribution is 0.0757. The summed E-state index contributed by atoms with van der Waals surface area (Å²) in [6.07, 6.45) is 0. The SMILES string of the molecule is CCN(Cc1ccccc1)C(=O)c1sc2ccc(OC)cc2c1Cl. The topological polar surface area (TPSA) is 29.5 Å². The lowest BCUT2D eigenvalue weighted by atomic mass is 10.2. The fourth-order valence-electron chi connectivity index (χ4n) is 2.59. The number of methoxy groups -OCH3 is 1. The molecule has 0 fully saturated rings. The van der Waals surface area contributed by atoms with Gasteiger partial charge in [0, 0.05) is 23.2 Å². The second-order valence-electron chi connectivity index (χ2n) is 5.41. The van der Waals surface area contributed by atoms with Crippen molar-refractivity contribution in [3.8, 4) is 5.75 Å². The number of benzene rings is 2. The summed E-state index contributed by atoms with van der Waals surface area (Å²) in [5.74, 6) is 0.698. The molecule has 24 heavy (non-hydrogen) atoms. The zero-order chi connectivity index (χ0) is 17.1. The van der Waals surface area contributed by atoms with Gasteiger partial charge in [-0.15, -0.1) is 11.3 Å². The number of nitrogens with zero attached hydrogens (tertiary/aromatic N) is 1. The van der Waals surface area contributed by atoms with Gasteiger partial charge in [0.25, 0.3) is 5.91 Å². The maximum atomic E-state index is 12.9. The van der Waals surface area contributed by atoms with Crippen LogP contribution in [-0.2, 0) is 6.54 Å². The third-order valence-electron chi connectivity index (χ3n) is 3.91. The minimum atomic E-state index is -0.0356. The van der Waals surface area contributed by atoms with E-state index in [2.05, 4.69) is 0 Å². The molecule has 5 heteroatoms. The van der Waals surface area contributed by atoms with Crippen molar-refractivity contribution in [2.45, 2.75) is 13.5 Å². The molecular weight excluding hydrogens is 342 g/mol. The zero-order valence-electron chi connectivity index (χ0n) is 13.6. The second kappa shape index (κ2) is 7.24. The number of halogens is 1. The summed E-state index contributed by atoms with van der Waals surface area (Å²) in [4.78, 5) is 15.3. The van der Waals surface area contributed by atoms with E-state index in [0.29, 0.717) is 23.0 Å². The van der Waals surface area contributed by atoms with Gasteiger partial charge < -0.3 is 9.64 Å². The van der Waals surface area contributed by atoms with Gasteiger partial charge in [0.15, 0.2) is 0 Å². The molecule has 1 aromatic heterocycles. The van der Waals surface area contributed by atoms with Crippen molar-refractivity contribution in [1.82, 2.24) is 4.90 Å². The molecule has 3 rings (SSSR count). The number of fused-ring (bicyclic) bond motifs is 1. The standard InChI is InChI=1S/C19H18ClNO2S/c1-3-21(12-13-7-5-4-6-8-13)19(22)18-17(20)15-11-14(23-2)9-10-16(15)24-18/h4-11H,3,12H2,1-2H3. The Hall–Kier alpha value is -2.04. The predicted octanol–water partition coefficient (Wildman–Crippen LogP) is 5.23. The van der Waals surface area contributed by atoms with Crippen molar-refractivity contribution < 1.29 is 9.53 Å². The Balaban J connectivity index is 1.93. The van der Waals surface area contributed by atoms with E-state index in [0.717, 1.165) is 21.4 Å². The molecule has 0 saturated heterocycles.